The van der Waals surface area contributed by atoms with Crippen molar-refractivity contribution in [2.45, 2.75) is 38.4 Å². The maximum atomic E-state index is 13.7. The van der Waals surface area contributed by atoms with E-state index in [1.807, 2.05) is 53.4 Å². The Bertz CT molecular complexity index is 1130. The second-order valence-corrected chi connectivity index (χ2v) is 8.56. The van der Waals surface area contributed by atoms with Crippen LogP contribution in [0.5, 0.6) is 0 Å². The summed E-state index contributed by atoms with van der Waals surface area (Å²) in [4.78, 5) is 35.6. The van der Waals surface area contributed by atoms with Crippen LogP contribution in [-0.2, 0) is 17.9 Å². The van der Waals surface area contributed by atoms with Gasteiger partial charge in [0, 0.05) is 19.1 Å². The lowest BCUT2D eigenvalue weighted by Crippen LogP contribution is -2.49. The Labute approximate surface area is 180 Å². The van der Waals surface area contributed by atoms with Crippen LogP contribution in [0.25, 0.3) is 10.9 Å². The maximum absolute atomic E-state index is 13.7. The Balaban J connectivity index is 1.45. The number of hydrogen-bond donors (Lipinski definition) is 3. The van der Waals surface area contributed by atoms with E-state index in [2.05, 4.69) is 20.8 Å². The molecule has 1 aromatic heterocycles. The molecule has 2 aliphatic rings. The Kier molecular flexibility index (Phi) is 5.53. The third-order valence-corrected chi connectivity index (χ3v) is 6.51. The predicted octanol–water partition coefficient (Wildman–Crippen LogP) is 2.34. The normalized spacial score (nSPS) is 22.9. The molecular formula is C24H27N5O2. The number of amides is 1. The van der Waals surface area contributed by atoms with E-state index >= 15 is 0 Å². The van der Waals surface area contributed by atoms with E-state index in [1.54, 1.807) is 6.07 Å². The molecule has 0 radical (unpaired) electrons. The predicted molar refractivity (Wildman–Crippen MR) is 119 cm³/mol. The number of aromatic amines is 1. The van der Waals surface area contributed by atoms with E-state index in [0.29, 0.717) is 29.2 Å². The van der Waals surface area contributed by atoms with Gasteiger partial charge in [-0.3, -0.25) is 20.4 Å². The molecule has 1 saturated carbocycles. The molecule has 1 aliphatic heterocycles. The van der Waals surface area contributed by atoms with Crippen molar-refractivity contribution in [3.05, 3.63) is 76.3 Å². The fraction of sp³-hybridized carbons (Fsp3) is 0.375. The lowest BCUT2D eigenvalue weighted by Gasteiger charge is -2.35. The number of nitrogens with one attached hydrogen (secondary N) is 3. The molecule has 2 aromatic carbocycles. The summed E-state index contributed by atoms with van der Waals surface area (Å²) in [6.07, 6.45) is 3.08. The highest BCUT2D eigenvalue weighted by Crippen LogP contribution is 2.33. The summed E-state index contributed by atoms with van der Waals surface area (Å²) in [5, 5.41) is 0.559. The number of rotatable bonds is 5. The number of hydrazine groups is 1. The number of hydrogen-bond acceptors (Lipinski definition) is 5. The van der Waals surface area contributed by atoms with Gasteiger partial charge in [0.25, 0.3) is 5.56 Å². The highest BCUT2D eigenvalue weighted by atomic mass is 16.2. The van der Waals surface area contributed by atoms with Crippen molar-refractivity contribution >= 4 is 16.8 Å². The molecule has 1 aliphatic carbocycles. The average Bonchev–Trinajstić information content (AvgIpc) is 3.28. The first-order chi connectivity index (χ1) is 15.2. The van der Waals surface area contributed by atoms with Crippen molar-refractivity contribution in [1.29, 1.82) is 0 Å². The SMILES string of the molecule is O=C(C1CCCC2CNNC21)N(Cc1ccccc1)Cc1nc2ccccc2c(=O)[nH]1. The summed E-state index contributed by atoms with van der Waals surface area (Å²) in [5.41, 5.74) is 8.10. The molecule has 160 valence electrons. The third kappa shape index (κ3) is 4.11. The van der Waals surface area contributed by atoms with Gasteiger partial charge in [-0.25, -0.2) is 4.98 Å². The van der Waals surface area contributed by atoms with Gasteiger partial charge in [0.05, 0.1) is 23.4 Å². The fourth-order valence-corrected chi connectivity index (χ4v) is 4.96. The molecule has 31 heavy (non-hydrogen) atoms. The minimum absolute atomic E-state index is 0.0790. The van der Waals surface area contributed by atoms with Gasteiger partial charge in [-0.2, -0.15) is 0 Å². The van der Waals surface area contributed by atoms with Gasteiger partial charge in [0.1, 0.15) is 5.82 Å². The zero-order valence-corrected chi connectivity index (χ0v) is 17.4. The Morgan fingerprint density at radius 2 is 1.84 bits per heavy atom. The number of aromatic nitrogens is 2. The highest BCUT2D eigenvalue weighted by Gasteiger charge is 2.41. The van der Waals surface area contributed by atoms with Crippen molar-refractivity contribution in [3.63, 3.8) is 0 Å². The third-order valence-electron chi connectivity index (χ3n) is 6.51. The van der Waals surface area contributed by atoms with E-state index in [0.717, 1.165) is 31.4 Å². The zero-order valence-electron chi connectivity index (χ0n) is 17.4. The van der Waals surface area contributed by atoms with Crippen molar-refractivity contribution in [1.82, 2.24) is 25.7 Å². The van der Waals surface area contributed by atoms with Gasteiger partial charge in [-0.15, -0.1) is 0 Å². The van der Waals surface area contributed by atoms with Gasteiger partial charge in [0.15, 0.2) is 0 Å². The van der Waals surface area contributed by atoms with Gasteiger partial charge < -0.3 is 9.88 Å². The summed E-state index contributed by atoms with van der Waals surface area (Å²) in [6.45, 7) is 1.67. The molecule has 5 rings (SSSR count). The fourth-order valence-electron chi connectivity index (χ4n) is 4.96. The summed E-state index contributed by atoms with van der Waals surface area (Å²) >= 11 is 0. The molecular weight excluding hydrogens is 390 g/mol. The first-order valence-electron chi connectivity index (χ1n) is 11.0. The molecule has 3 N–H and O–H groups in total. The van der Waals surface area contributed by atoms with Crippen LogP contribution in [0.2, 0.25) is 0 Å². The number of carbonyl (C=O) groups is 1. The lowest BCUT2D eigenvalue weighted by atomic mass is 9.77. The van der Waals surface area contributed by atoms with Crippen LogP contribution in [0.15, 0.2) is 59.4 Å². The van der Waals surface area contributed by atoms with Gasteiger partial charge in [-0.1, -0.05) is 48.9 Å². The second kappa shape index (κ2) is 8.61. The van der Waals surface area contributed by atoms with Crippen LogP contribution < -0.4 is 16.4 Å². The largest absolute Gasteiger partial charge is 0.331 e. The van der Waals surface area contributed by atoms with E-state index in [9.17, 15) is 9.59 Å². The Morgan fingerprint density at radius 1 is 1.03 bits per heavy atom. The van der Waals surface area contributed by atoms with Crippen LogP contribution in [-0.4, -0.2) is 33.4 Å². The monoisotopic (exact) mass is 417 g/mol. The molecule has 1 amide bonds. The first kappa shape index (κ1) is 19.9. The minimum atomic E-state index is -0.174. The molecule has 3 unspecified atom stereocenters. The van der Waals surface area contributed by atoms with Gasteiger partial charge in [-0.05, 0) is 36.5 Å². The van der Waals surface area contributed by atoms with Crippen LogP contribution in [0.4, 0.5) is 0 Å². The van der Waals surface area contributed by atoms with Crippen LogP contribution in [0.3, 0.4) is 0 Å². The molecule has 0 bridgehead atoms. The molecule has 7 heteroatoms. The van der Waals surface area contributed by atoms with Crippen molar-refractivity contribution in [2.75, 3.05) is 6.54 Å². The molecule has 3 aromatic rings. The van der Waals surface area contributed by atoms with E-state index in [4.69, 9.17) is 0 Å². The second-order valence-electron chi connectivity index (χ2n) is 8.56. The molecule has 7 nitrogen and oxygen atoms in total. The van der Waals surface area contributed by atoms with E-state index in [-0.39, 0.29) is 30.0 Å². The number of benzene rings is 2. The molecule has 2 heterocycles. The average molecular weight is 418 g/mol. The number of carbonyl (C=O) groups excluding carboxylic acids is 1. The number of H-pyrrole nitrogens is 1. The quantitative estimate of drug-likeness (QED) is 0.593. The number of nitrogens with zero attached hydrogens (tertiary/aromatic N) is 2. The Hall–Kier alpha value is -3.03. The topological polar surface area (TPSA) is 90.1 Å². The summed E-state index contributed by atoms with van der Waals surface area (Å²) in [7, 11) is 0. The highest BCUT2D eigenvalue weighted by molar-refractivity contribution is 5.80. The van der Waals surface area contributed by atoms with Gasteiger partial charge in [0.2, 0.25) is 5.91 Å². The number of para-hydroxylation sites is 1. The first-order valence-corrected chi connectivity index (χ1v) is 11.0. The lowest BCUT2D eigenvalue weighted by molar-refractivity contribution is -0.139. The van der Waals surface area contributed by atoms with Crippen molar-refractivity contribution in [3.8, 4) is 0 Å². The van der Waals surface area contributed by atoms with Crippen molar-refractivity contribution in [2.24, 2.45) is 11.8 Å². The summed E-state index contributed by atoms with van der Waals surface area (Å²) < 4.78 is 0. The molecule has 1 saturated heterocycles. The molecule has 3 atom stereocenters. The summed E-state index contributed by atoms with van der Waals surface area (Å²) in [6, 6.07) is 17.4. The minimum Gasteiger partial charge on any atom is -0.331 e. The van der Waals surface area contributed by atoms with Crippen LogP contribution >= 0.6 is 0 Å². The smallest absolute Gasteiger partial charge is 0.258 e. The molecule has 0 spiro atoms. The standard InChI is InChI=1S/C24H27N5O2/c30-23-18-10-4-5-12-20(18)26-21(27-23)15-29(14-16-7-2-1-3-8-16)24(31)19-11-6-9-17-13-25-28-22(17)19/h1-5,7-8,10,12,17,19,22,25,28H,6,9,11,13-15H2,(H,26,27,30). The zero-order chi connectivity index (χ0) is 21.2. The summed E-state index contributed by atoms with van der Waals surface area (Å²) in [5.74, 6) is 1.04. The van der Waals surface area contributed by atoms with E-state index < -0.39 is 0 Å². The maximum Gasteiger partial charge on any atom is 0.258 e. The van der Waals surface area contributed by atoms with Crippen molar-refractivity contribution < 1.29 is 4.79 Å². The Morgan fingerprint density at radius 3 is 2.71 bits per heavy atom. The molecule has 2 fully saturated rings. The van der Waals surface area contributed by atoms with Crippen LogP contribution in [0, 0.1) is 11.8 Å². The van der Waals surface area contributed by atoms with Gasteiger partial charge >= 0.3 is 0 Å². The van der Waals surface area contributed by atoms with Crippen LogP contribution in [0.1, 0.15) is 30.7 Å². The number of fused-ring (bicyclic) bond motifs is 2. The van der Waals surface area contributed by atoms with E-state index in [1.165, 1.54) is 0 Å².